The van der Waals surface area contributed by atoms with Gasteiger partial charge in [-0.3, -0.25) is 0 Å². The van der Waals surface area contributed by atoms with E-state index in [-0.39, 0.29) is 6.03 Å². The predicted molar refractivity (Wildman–Crippen MR) is 55.5 cm³/mol. The van der Waals surface area contributed by atoms with E-state index in [0.29, 0.717) is 0 Å². The zero-order chi connectivity index (χ0) is 10.1. The lowest BCUT2D eigenvalue weighted by atomic mass is 10.4. The number of urea groups is 1. The van der Waals surface area contributed by atoms with Crippen molar-refractivity contribution in [1.29, 1.82) is 0 Å². The standard InChI is InChI=1S/C10H20N2O/c1-4-7-11-10(13)12(8-5-2)9-6-3/h4,7H,5-6,8-9H2,1-3H3,(H,11,13)/b7-4+. The number of allylic oxidation sites excluding steroid dienone is 1. The van der Waals surface area contributed by atoms with Gasteiger partial charge >= 0.3 is 6.03 Å². The van der Waals surface area contributed by atoms with Crippen LogP contribution in [0.4, 0.5) is 4.79 Å². The molecule has 0 saturated carbocycles. The van der Waals surface area contributed by atoms with Crippen molar-refractivity contribution in [1.82, 2.24) is 10.2 Å². The van der Waals surface area contributed by atoms with Crippen molar-refractivity contribution in [3.63, 3.8) is 0 Å². The lowest BCUT2D eigenvalue weighted by molar-refractivity contribution is 0.201. The number of carbonyl (C=O) groups excluding carboxylic acids is 1. The predicted octanol–water partition coefficient (Wildman–Crippen LogP) is 2.35. The van der Waals surface area contributed by atoms with Crippen molar-refractivity contribution >= 4 is 6.03 Å². The third kappa shape index (κ3) is 5.28. The summed E-state index contributed by atoms with van der Waals surface area (Å²) in [7, 11) is 0. The van der Waals surface area contributed by atoms with Crippen LogP contribution in [0.5, 0.6) is 0 Å². The van der Waals surface area contributed by atoms with Crippen LogP contribution in [0, 0.1) is 0 Å². The Morgan fingerprint density at radius 3 is 2.23 bits per heavy atom. The largest absolute Gasteiger partial charge is 0.325 e. The number of nitrogens with zero attached hydrogens (tertiary/aromatic N) is 1. The lowest BCUT2D eigenvalue weighted by Crippen LogP contribution is -2.38. The normalized spacial score (nSPS) is 10.4. The topological polar surface area (TPSA) is 32.3 Å². The van der Waals surface area contributed by atoms with E-state index in [1.54, 1.807) is 6.20 Å². The molecule has 3 nitrogen and oxygen atoms in total. The van der Waals surface area contributed by atoms with E-state index in [1.807, 2.05) is 17.9 Å². The molecule has 0 unspecified atom stereocenters. The zero-order valence-electron chi connectivity index (χ0n) is 8.84. The summed E-state index contributed by atoms with van der Waals surface area (Å²) in [5, 5.41) is 2.71. The second kappa shape index (κ2) is 7.65. The van der Waals surface area contributed by atoms with Crippen molar-refractivity contribution in [2.24, 2.45) is 0 Å². The average Bonchev–Trinajstić information content (AvgIpc) is 2.14. The summed E-state index contributed by atoms with van der Waals surface area (Å²) in [6, 6.07) is 0.00167. The highest BCUT2D eigenvalue weighted by atomic mass is 16.2. The first-order chi connectivity index (χ1) is 6.26. The third-order valence-electron chi connectivity index (χ3n) is 1.65. The van der Waals surface area contributed by atoms with Gasteiger partial charge in [-0.05, 0) is 19.8 Å². The van der Waals surface area contributed by atoms with Crippen molar-refractivity contribution in [2.75, 3.05) is 13.1 Å². The fraction of sp³-hybridized carbons (Fsp3) is 0.700. The lowest BCUT2D eigenvalue weighted by Gasteiger charge is -2.20. The Kier molecular flexibility index (Phi) is 7.07. The van der Waals surface area contributed by atoms with Gasteiger partial charge < -0.3 is 10.2 Å². The molecule has 13 heavy (non-hydrogen) atoms. The molecule has 0 rings (SSSR count). The third-order valence-corrected chi connectivity index (χ3v) is 1.65. The molecular weight excluding hydrogens is 164 g/mol. The minimum absolute atomic E-state index is 0.00167. The van der Waals surface area contributed by atoms with E-state index in [1.165, 1.54) is 0 Å². The Morgan fingerprint density at radius 2 is 1.85 bits per heavy atom. The number of amides is 2. The Hall–Kier alpha value is -0.990. The van der Waals surface area contributed by atoms with Crippen LogP contribution in [-0.4, -0.2) is 24.0 Å². The minimum atomic E-state index is 0.00167. The van der Waals surface area contributed by atoms with Gasteiger partial charge in [0.15, 0.2) is 0 Å². The summed E-state index contributed by atoms with van der Waals surface area (Å²) < 4.78 is 0. The quantitative estimate of drug-likeness (QED) is 0.699. The molecule has 0 heterocycles. The van der Waals surface area contributed by atoms with Gasteiger partial charge in [0.1, 0.15) is 0 Å². The van der Waals surface area contributed by atoms with E-state index in [2.05, 4.69) is 19.2 Å². The van der Waals surface area contributed by atoms with Gasteiger partial charge in [-0.2, -0.15) is 0 Å². The maximum atomic E-state index is 11.4. The van der Waals surface area contributed by atoms with Crippen LogP contribution in [0.25, 0.3) is 0 Å². The van der Waals surface area contributed by atoms with Gasteiger partial charge in [-0.1, -0.05) is 19.9 Å². The molecule has 0 fully saturated rings. The van der Waals surface area contributed by atoms with Gasteiger partial charge in [-0.25, -0.2) is 4.79 Å². The summed E-state index contributed by atoms with van der Waals surface area (Å²) in [6.07, 6.45) is 5.49. The van der Waals surface area contributed by atoms with Gasteiger partial charge in [0.05, 0.1) is 0 Å². The first-order valence-corrected chi connectivity index (χ1v) is 4.92. The smallest absolute Gasteiger partial charge is 0.321 e. The Labute approximate surface area is 80.8 Å². The maximum Gasteiger partial charge on any atom is 0.321 e. The van der Waals surface area contributed by atoms with E-state index in [0.717, 1.165) is 25.9 Å². The van der Waals surface area contributed by atoms with Crippen molar-refractivity contribution in [2.45, 2.75) is 33.6 Å². The first-order valence-electron chi connectivity index (χ1n) is 4.92. The summed E-state index contributed by atoms with van der Waals surface area (Å²) >= 11 is 0. The second-order valence-electron chi connectivity index (χ2n) is 2.94. The zero-order valence-corrected chi connectivity index (χ0v) is 8.84. The molecule has 1 N–H and O–H groups in total. The molecule has 0 spiro atoms. The summed E-state index contributed by atoms with van der Waals surface area (Å²) in [5.74, 6) is 0. The highest BCUT2D eigenvalue weighted by molar-refractivity contribution is 5.75. The van der Waals surface area contributed by atoms with Gasteiger partial charge in [-0.15, -0.1) is 0 Å². The maximum absolute atomic E-state index is 11.4. The van der Waals surface area contributed by atoms with E-state index < -0.39 is 0 Å². The number of rotatable bonds is 5. The van der Waals surface area contributed by atoms with Crippen molar-refractivity contribution in [3.8, 4) is 0 Å². The van der Waals surface area contributed by atoms with E-state index in [9.17, 15) is 4.79 Å². The summed E-state index contributed by atoms with van der Waals surface area (Å²) in [5.41, 5.74) is 0. The number of hydrogen-bond acceptors (Lipinski definition) is 1. The van der Waals surface area contributed by atoms with Gasteiger partial charge in [0, 0.05) is 19.3 Å². The highest BCUT2D eigenvalue weighted by Gasteiger charge is 2.08. The number of carbonyl (C=O) groups is 1. The second-order valence-corrected chi connectivity index (χ2v) is 2.94. The molecular formula is C10H20N2O. The van der Waals surface area contributed by atoms with Crippen LogP contribution in [0.2, 0.25) is 0 Å². The fourth-order valence-electron chi connectivity index (χ4n) is 1.10. The van der Waals surface area contributed by atoms with Crippen LogP contribution in [0.3, 0.4) is 0 Å². The van der Waals surface area contributed by atoms with Gasteiger partial charge in [0.2, 0.25) is 0 Å². The number of hydrogen-bond donors (Lipinski definition) is 1. The highest BCUT2D eigenvalue weighted by Crippen LogP contribution is 1.94. The molecule has 0 saturated heterocycles. The van der Waals surface area contributed by atoms with Gasteiger partial charge in [0.25, 0.3) is 0 Å². The minimum Gasteiger partial charge on any atom is -0.325 e. The summed E-state index contributed by atoms with van der Waals surface area (Å²) in [4.78, 5) is 13.3. The SMILES string of the molecule is C/C=C/NC(=O)N(CCC)CCC. The molecule has 3 heteroatoms. The molecule has 0 aliphatic rings. The molecule has 0 aromatic heterocycles. The van der Waals surface area contributed by atoms with E-state index in [4.69, 9.17) is 0 Å². The van der Waals surface area contributed by atoms with Crippen LogP contribution >= 0.6 is 0 Å². The Balaban J connectivity index is 3.94. The van der Waals surface area contributed by atoms with Crippen LogP contribution in [0.15, 0.2) is 12.3 Å². The van der Waals surface area contributed by atoms with Crippen LogP contribution < -0.4 is 5.32 Å². The van der Waals surface area contributed by atoms with Crippen molar-refractivity contribution < 1.29 is 4.79 Å². The molecule has 0 atom stereocenters. The van der Waals surface area contributed by atoms with Crippen LogP contribution in [-0.2, 0) is 0 Å². The molecule has 0 aliphatic heterocycles. The Bertz CT molecular complexity index is 160. The molecule has 0 bridgehead atoms. The fourth-order valence-corrected chi connectivity index (χ4v) is 1.10. The average molecular weight is 184 g/mol. The van der Waals surface area contributed by atoms with Crippen LogP contribution in [0.1, 0.15) is 33.6 Å². The molecule has 0 aromatic carbocycles. The number of nitrogens with one attached hydrogen (secondary N) is 1. The molecule has 0 radical (unpaired) electrons. The van der Waals surface area contributed by atoms with Crippen molar-refractivity contribution in [3.05, 3.63) is 12.3 Å². The molecule has 2 amide bonds. The summed E-state index contributed by atoms with van der Waals surface area (Å²) in [6.45, 7) is 7.69. The first kappa shape index (κ1) is 12.0. The molecule has 0 aliphatic carbocycles. The Morgan fingerprint density at radius 1 is 1.31 bits per heavy atom. The molecule has 76 valence electrons. The monoisotopic (exact) mass is 184 g/mol. The molecule has 0 aromatic rings. The van der Waals surface area contributed by atoms with E-state index >= 15 is 0 Å².